The van der Waals surface area contributed by atoms with Crippen molar-refractivity contribution >= 4 is 27.7 Å². The van der Waals surface area contributed by atoms with Crippen LogP contribution in [0, 0.1) is 0 Å². The van der Waals surface area contributed by atoms with Gasteiger partial charge >= 0.3 is 0 Å². The molecule has 0 N–H and O–H groups in total. The zero-order valence-electron chi connectivity index (χ0n) is 6.79. The maximum absolute atomic E-state index is 11.2. The van der Waals surface area contributed by atoms with E-state index in [9.17, 15) is 4.79 Å². The summed E-state index contributed by atoms with van der Waals surface area (Å²) in [5.74, 6) is 1.76. The first-order chi connectivity index (χ1) is 5.74. The molecule has 0 aliphatic heterocycles. The molecule has 1 rings (SSSR count). The van der Waals surface area contributed by atoms with E-state index in [1.807, 2.05) is 6.20 Å². The van der Waals surface area contributed by atoms with E-state index >= 15 is 0 Å². The number of thioether (sulfide) groups is 1. The average molecular weight is 248 g/mol. The van der Waals surface area contributed by atoms with Gasteiger partial charge in [-0.1, -0.05) is 6.92 Å². The third kappa shape index (κ3) is 2.68. The van der Waals surface area contributed by atoms with E-state index in [2.05, 4.69) is 22.9 Å². The van der Waals surface area contributed by atoms with E-state index in [1.165, 1.54) is 0 Å². The highest BCUT2D eigenvalue weighted by Gasteiger charge is 1.94. The van der Waals surface area contributed by atoms with Gasteiger partial charge in [0.25, 0.3) is 5.56 Å². The summed E-state index contributed by atoms with van der Waals surface area (Å²) in [5.41, 5.74) is 0.0548. The zero-order valence-corrected chi connectivity index (χ0v) is 9.19. The summed E-state index contributed by atoms with van der Waals surface area (Å²) >= 11 is 5.05. The second-order valence-electron chi connectivity index (χ2n) is 2.28. The summed E-state index contributed by atoms with van der Waals surface area (Å²) in [5, 5.41) is 0. The number of hydrogen-bond donors (Lipinski definition) is 0. The molecule has 0 unspecified atom stereocenters. The Morgan fingerprint density at radius 1 is 1.58 bits per heavy atom. The molecule has 0 aromatic carbocycles. The van der Waals surface area contributed by atoms with Crippen molar-refractivity contribution in [1.82, 2.24) is 4.57 Å². The molecule has 0 amide bonds. The fourth-order valence-electron chi connectivity index (χ4n) is 0.793. The van der Waals surface area contributed by atoms with Crippen LogP contribution in [0.3, 0.4) is 0 Å². The molecule has 0 aliphatic rings. The lowest BCUT2D eigenvalue weighted by molar-refractivity contribution is 0.835. The van der Waals surface area contributed by atoms with Gasteiger partial charge < -0.3 is 4.57 Å². The van der Waals surface area contributed by atoms with Gasteiger partial charge in [0.15, 0.2) is 0 Å². The molecular weight excluding hydrogens is 238 g/mol. The van der Waals surface area contributed by atoms with Crippen LogP contribution in [-0.2, 0) is 5.88 Å². The van der Waals surface area contributed by atoms with Gasteiger partial charge in [0.05, 0.1) is 5.88 Å². The van der Waals surface area contributed by atoms with Crippen molar-refractivity contribution in [2.75, 3.05) is 5.75 Å². The molecule has 0 spiro atoms. The monoisotopic (exact) mass is 247 g/mol. The summed E-state index contributed by atoms with van der Waals surface area (Å²) < 4.78 is 2.64. The zero-order chi connectivity index (χ0) is 8.97. The minimum absolute atomic E-state index is 0.0548. The van der Waals surface area contributed by atoms with Crippen LogP contribution in [0.1, 0.15) is 6.92 Å². The van der Waals surface area contributed by atoms with Gasteiger partial charge in [-0.3, -0.25) is 4.79 Å². The Kier molecular flexibility index (Phi) is 3.88. The van der Waals surface area contributed by atoms with Crippen molar-refractivity contribution < 1.29 is 0 Å². The van der Waals surface area contributed by atoms with Crippen LogP contribution in [0.15, 0.2) is 27.6 Å². The number of rotatable bonds is 3. The Morgan fingerprint density at radius 3 is 3.00 bits per heavy atom. The molecule has 66 valence electrons. The SMILES string of the molecule is CCSCn1cc(Br)ccc1=O. The van der Waals surface area contributed by atoms with E-state index in [4.69, 9.17) is 0 Å². The molecule has 0 radical (unpaired) electrons. The van der Waals surface area contributed by atoms with Crippen LogP contribution in [0.2, 0.25) is 0 Å². The Labute approximate surface area is 84.1 Å². The second kappa shape index (κ2) is 4.72. The Balaban J connectivity index is 2.83. The fraction of sp³-hybridized carbons (Fsp3) is 0.375. The first kappa shape index (κ1) is 9.86. The van der Waals surface area contributed by atoms with Crippen molar-refractivity contribution in [3.8, 4) is 0 Å². The molecule has 1 aromatic heterocycles. The molecule has 1 heterocycles. The normalized spacial score (nSPS) is 10.2. The molecule has 1 aromatic rings. The maximum Gasteiger partial charge on any atom is 0.251 e. The minimum atomic E-state index is 0.0548. The molecule has 0 atom stereocenters. The van der Waals surface area contributed by atoms with E-state index < -0.39 is 0 Å². The van der Waals surface area contributed by atoms with E-state index in [0.29, 0.717) is 0 Å². The first-order valence-corrected chi connectivity index (χ1v) is 5.62. The van der Waals surface area contributed by atoms with Gasteiger partial charge in [-0.05, 0) is 27.7 Å². The summed E-state index contributed by atoms with van der Waals surface area (Å²) in [6.45, 7) is 2.08. The van der Waals surface area contributed by atoms with Gasteiger partial charge in [-0.15, -0.1) is 11.8 Å². The topological polar surface area (TPSA) is 22.0 Å². The molecule has 0 bridgehead atoms. The summed E-state index contributed by atoms with van der Waals surface area (Å²) in [6, 6.07) is 3.33. The molecular formula is C8H10BrNOS. The molecule has 0 aliphatic carbocycles. The minimum Gasteiger partial charge on any atom is -0.305 e. The highest BCUT2D eigenvalue weighted by atomic mass is 79.9. The number of pyridine rings is 1. The predicted octanol–water partition coefficient (Wildman–Crippen LogP) is 2.32. The molecule has 2 nitrogen and oxygen atoms in total. The highest BCUT2D eigenvalue weighted by molar-refractivity contribution is 9.10. The lowest BCUT2D eigenvalue weighted by Gasteiger charge is -2.03. The molecule has 0 saturated heterocycles. The fourth-order valence-corrected chi connectivity index (χ4v) is 1.75. The Morgan fingerprint density at radius 2 is 2.33 bits per heavy atom. The van der Waals surface area contributed by atoms with Gasteiger partial charge in [0, 0.05) is 16.7 Å². The first-order valence-electron chi connectivity index (χ1n) is 3.67. The summed E-state index contributed by atoms with van der Waals surface area (Å²) in [6.07, 6.45) is 1.81. The molecule has 4 heteroatoms. The van der Waals surface area contributed by atoms with Crippen molar-refractivity contribution in [2.45, 2.75) is 12.8 Å². The maximum atomic E-state index is 11.2. The van der Waals surface area contributed by atoms with Gasteiger partial charge in [0.2, 0.25) is 0 Å². The summed E-state index contributed by atoms with van der Waals surface area (Å²) in [7, 11) is 0. The van der Waals surface area contributed by atoms with Gasteiger partial charge in [-0.2, -0.15) is 0 Å². The van der Waals surface area contributed by atoms with Crippen LogP contribution >= 0.6 is 27.7 Å². The second-order valence-corrected chi connectivity index (χ2v) is 4.44. The number of halogens is 1. The summed E-state index contributed by atoms with van der Waals surface area (Å²) in [4.78, 5) is 11.2. The van der Waals surface area contributed by atoms with Crippen LogP contribution in [-0.4, -0.2) is 10.3 Å². The molecule has 0 fully saturated rings. The van der Waals surface area contributed by atoms with Crippen molar-refractivity contribution in [3.63, 3.8) is 0 Å². The van der Waals surface area contributed by atoms with Gasteiger partial charge in [0.1, 0.15) is 0 Å². The highest BCUT2D eigenvalue weighted by Crippen LogP contribution is 2.07. The average Bonchev–Trinajstić information content (AvgIpc) is 2.07. The quantitative estimate of drug-likeness (QED) is 0.818. The predicted molar refractivity (Wildman–Crippen MR) is 56.5 cm³/mol. The van der Waals surface area contributed by atoms with Gasteiger partial charge in [-0.25, -0.2) is 0 Å². The molecule has 0 saturated carbocycles. The van der Waals surface area contributed by atoms with Crippen LogP contribution < -0.4 is 5.56 Å². The van der Waals surface area contributed by atoms with Crippen LogP contribution in [0.5, 0.6) is 0 Å². The van der Waals surface area contributed by atoms with Crippen molar-refractivity contribution in [2.24, 2.45) is 0 Å². The number of aromatic nitrogens is 1. The van der Waals surface area contributed by atoms with E-state index in [0.717, 1.165) is 16.1 Å². The lowest BCUT2D eigenvalue weighted by Crippen LogP contribution is -2.16. The third-order valence-electron chi connectivity index (χ3n) is 1.38. The third-order valence-corrected chi connectivity index (χ3v) is 2.72. The van der Waals surface area contributed by atoms with E-state index in [1.54, 1.807) is 28.5 Å². The van der Waals surface area contributed by atoms with Crippen molar-refractivity contribution in [1.29, 1.82) is 0 Å². The standard InChI is InChI=1S/C8H10BrNOS/c1-2-12-6-10-5-7(9)3-4-8(10)11/h3-5H,2,6H2,1H3. The lowest BCUT2D eigenvalue weighted by atomic mass is 10.5. The Hall–Kier alpha value is -0.220. The Bertz CT molecular complexity index is 310. The van der Waals surface area contributed by atoms with E-state index in [-0.39, 0.29) is 5.56 Å². The van der Waals surface area contributed by atoms with Crippen molar-refractivity contribution in [3.05, 3.63) is 33.2 Å². The smallest absolute Gasteiger partial charge is 0.251 e. The van der Waals surface area contributed by atoms with Crippen LogP contribution in [0.4, 0.5) is 0 Å². The molecule has 12 heavy (non-hydrogen) atoms. The largest absolute Gasteiger partial charge is 0.305 e. The number of nitrogens with zero attached hydrogens (tertiary/aromatic N) is 1. The van der Waals surface area contributed by atoms with Crippen LogP contribution in [0.25, 0.3) is 0 Å². The number of hydrogen-bond acceptors (Lipinski definition) is 2.